The molecule has 1 aliphatic heterocycles. The third kappa shape index (κ3) is 4.63. The highest BCUT2D eigenvalue weighted by Crippen LogP contribution is 2.22. The minimum atomic E-state index is 0.564. The minimum Gasteiger partial charge on any atom is -0.314 e. The molecule has 1 N–H and O–H groups in total. The molecule has 1 aromatic carbocycles. The summed E-state index contributed by atoms with van der Waals surface area (Å²) in [6.07, 6.45) is 4.06. The van der Waals surface area contributed by atoms with Crippen molar-refractivity contribution in [3.8, 4) is 0 Å². The number of unbranched alkanes of at least 4 members (excludes halogenated alkanes) is 1. The lowest BCUT2D eigenvalue weighted by atomic mass is 10.0. The monoisotopic (exact) mass is 260 g/mol. The number of nitrogens with one attached hydrogen (secondary N) is 1. The standard InChI is InChI=1S/C17H28N2/c1-15(2)8-6-7-12-19-13-11-18-14-17(19)16-9-4-3-5-10-16/h3-5,9-10,15,17-18H,6-8,11-14H2,1-2H3. The first-order valence-corrected chi connectivity index (χ1v) is 7.77. The summed E-state index contributed by atoms with van der Waals surface area (Å²) in [6, 6.07) is 11.5. The number of nitrogens with zero attached hydrogens (tertiary/aromatic N) is 1. The van der Waals surface area contributed by atoms with E-state index in [9.17, 15) is 0 Å². The van der Waals surface area contributed by atoms with Crippen LogP contribution >= 0.6 is 0 Å². The molecule has 1 saturated heterocycles. The van der Waals surface area contributed by atoms with E-state index < -0.39 is 0 Å². The van der Waals surface area contributed by atoms with E-state index in [4.69, 9.17) is 0 Å². The van der Waals surface area contributed by atoms with Gasteiger partial charge in [-0.05, 0) is 24.4 Å². The van der Waals surface area contributed by atoms with Gasteiger partial charge in [-0.1, -0.05) is 57.0 Å². The predicted molar refractivity (Wildman–Crippen MR) is 82.3 cm³/mol. The molecule has 1 unspecified atom stereocenters. The molecule has 2 rings (SSSR count). The third-order valence-electron chi connectivity index (χ3n) is 4.02. The minimum absolute atomic E-state index is 0.564. The molecule has 0 radical (unpaired) electrons. The fourth-order valence-corrected chi connectivity index (χ4v) is 2.89. The Morgan fingerprint density at radius 3 is 2.74 bits per heavy atom. The van der Waals surface area contributed by atoms with E-state index in [0.29, 0.717) is 6.04 Å². The van der Waals surface area contributed by atoms with Crippen LogP contribution in [0.3, 0.4) is 0 Å². The van der Waals surface area contributed by atoms with Gasteiger partial charge in [0.1, 0.15) is 0 Å². The maximum absolute atomic E-state index is 3.53. The number of piperazine rings is 1. The van der Waals surface area contributed by atoms with Crippen LogP contribution in [0.25, 0.3) is 0 Å². The quantitative estimate of drug-likeness (QED) is 0.788. The molecule has 0 aliphatic carbocycles. The molecule has 1 atom stereocenters. The first kappa shape index (κ1) is 14.5. The van der Waals surface area contributed by atoms with Crippen molar-refractivity contribution in [2.24, 2.45) is 5.92 Å². The van der Waals surface area contributed by atoms with Crippen molar-refractivity contribution in [3.63, 3.8) is 0 Å². The summed E-state index contributed by atoms with van der Waals surface area (Å²) in [5, 5.41) is 3.53. The second-order valence-corrected chi connectivity index (χ2v) is 6.06. The molecule has 106 valence electrons. The third-order valence-corrected chi connectivity index (χ3v) is 4.02. The molecule has 0 spiro atoms. The van der Waals surface area contributed by atoms with Crippen molar-refractivity contribution < 1.29 is 0 Å². The van der Waals surface area contributed by atoms with Crippen LogP contribution in [0, 0.1) is 5.92 Å². The van der Waals surface area contributed by atoms with Crippen LogP contribution in [0.2, 0.25) is 0 Å². The van der Waals surface area contributed by atoms with Gasteiger partial charge in [-0.2, -0.15) is 0 Å². The number of rotatable bonds is 6. The Labute approximate surface area is 118 Å². The Hall–Kier alpha value is -0.860. The van der Waals surface area contributed by atoms with Crippen LogP contribution in [0.1, 0.15) is 44.7 Å². The van der Waals surface area contributed by atoms with E-state index in [2.05, 4.69) is 54.4 Å². The van der Waals surface area contributed by atoms with Gasteiger partial charge in [-0.3, -0.25) is 4.90 Å². The van der Waals surface area contributed by atoms with Crippen molar-refractivity contribution in [1.29, 1.82) is 0 Å². The van der Waals surface area contributed by atoms with E-state index in [1.807, 2.05) is 0 Å². The lowest BCUT2D eigenvalue weighted by molar-refractivity contribution is 0.158. The first-order chi connectivity index (χ1) is 9.27. The maximum Gasteiger partial charge on any atom is 0.0473 e. The summed E-state index contributed by atoms with van der Waals surface area (Å²) >= 11 is 0. The van der Waals surface area contributed by atoms with Gasteiger partial charge in [0.25, 0.3) is 0 Å². The van der Waals surface area contributed by atoms with Crippen molar-refractivity contribution >= 4 is 0 Å². The smallest absolute Gasteiger partial charge is 0.0473 e. The average molecular weight is 260 g/mol. The van der Waals surface area contributed by atoms with E-state index in [1.165, 1.54) is 37.9 Å². The number of benzene rings is 1. The van der Waals surface area contributed by atoms with Crippen LogP contribution in [-0.2, 0) is 0 Å². The highest BCUT2D eigenvalue weighted by Gasteiger charge is 2.22. The van der Waals surface area contributed by atoms with E-state index in [0.717, 1.165) is 19.0 Å². The summed E-state index contributed by atoms with van der Waals surface area (Å²) in [7, 11) is 0. The molecule has 0 aromatic heterocycles. The molecular formula is C17H28N2. The molecule has 0 amide bonds. The second-order valence-electron chi connectivity index (χ2n) is 6.06. The summed E-state index contributed by atoms with van der Waals surface area (Å²) < 4.78 is 0. The molecule has 1 aliphatic rings. The zero-order chi connectivity index (χ0) is 13.5. The van der Waals surface area contributed by atoms with Gasteiger partial charge in [-0.15, -0.1) is 0 Å². The topological polar surface area (TPSA) is 15.3 Å². The summed E-state index contributed by atoms with van der Waals surface area (Å²) in [5.74, 6) is 0.841. The maximum atomic E-state index is 3.53. The SMILES string of the molecule is CC(C)CCCCN1CCNCC1c1ccccc1. The van der Waals surface area contributed by atoms with Crippen molar-refractivity contribution in [3.05, 3.63) is 35.9 Å². The Morgan fingerprint density at radius 1 is 1.21 bits per heavy atom. The van der Waals surface area contributed by atoms with E-state index in [-0.39, 0.29) is 0 Å². The van der Waals surface area contributed by atoms with Gasteiger partial charge < -0.3 is 5.32 Å². The zero-order valence-electron chi connectivity index (χ0n) is 12.4. The molecule has 1 fully saturated rings. The van der Waals surface area contributed by atoms with Gasteiger partial charge in [0.2, 0.25) is 0 Å². The van der Waals surface area contributed by atoms with Gasteiger partial charge in [0, 0.05) is 25.7 Å². The molecule has 0 bridgehead atoms. The fourth-order valence-electron chi connectivity index (χ4n) is 2.89. The Balaban J connectivity index is 1.86. The second kappa shape index (κ2) is 7.66. The van der Waals surface area contributed by atoms with Crippen molar-refractivity contribution in [2.75, 3.05) is 26.2 Å². The summed E-state index contributed by atoms with van der Waals surface area (Å²) in [4.78, 5) is 2.66. The number of hydrogen-bond acceptors (Lipinski definition) is 2. The summed E-state index contributed by atoms with van der Waals surface area (Å²) in [6.45, 7) is 9.28. The summed E-state index contributed by atoms with van der Waals surface area (Å²) in [5.41, 5.74) is 1.46. The molecule has 0 saturated carbocycles. The van der Waals surface area contributed by atoms with Crippen LogP contribution in [0.5, 0.6) is 0 Å². The normalized spacial score (nSPS) is 20.9. The molecule has 19 heavy (non-hydrogen) atoms. The van der Waals surface area contributed by atoms with Gasteiger partial charge in [-0.25, -0.2) is 0 Å². The lowest BCUT2D eigenvalue weighted by Crippen LogP contribution is -2.46. The molecule has 2 nitrogen and oxygen atoms in total. The van der Waals surface area contributed by atoms with Crippen LogP contribution in [-0.4, -0.2) is 31.1 Å². The molecular weight excluding hydrogens is 232 g/mol. The van der Waals surface area contributed by atoms with Crippen molar-refractivity contribution in [1.82, 2.24) is 10.2 Å². The largest absolute Gasteiger partial charge is 0.314 e. The predicted octanol–water partition coefficient (Wildman–Crippen LogP) is 3.46. The Morgan fingerprint density at radius 2 is 2.00 bits per heavy atom. The Bertz CT molecular complexity index is 348. The van der Waals surface area contributed by atoms with E-state index >= 15 is 0 Å². The van der Waals surface area contributed by atoms with Gasteiger partial charge >= 0.3 is 0 Å². The van der Waals surface area contributed by atoms with Crippen LogP contribution < -0.4 is 5.32 Å². The van der Waals surface area contributed by atoms with Gasteiger partial charge in [0.05, 0.1) is 0 Å². The highest BCUT2D eigenvalue weighted by atomic mass is 15.2. The fraction of sp³-hybridized carbons (Fsp3) is 0.647. The Kier molecular flexibility index (Phi) is 5.87. The van der Waals surface area contributed by atoms with E-state index in [1.54, 1.807) is 0 Å². The zero-order valence-corrected chi connectivity index (χ0v) is 12.4. The molecule has 2 heteroatoms. The lowest BCUT2D eigenvalue weighted by Gasteiger charge is -2.36. The molecule has 1 aromatic rings. The average Bonchev–Trinajstić information content (AvgIpc) is 2.45. The van der Waals surface area contributed by atoms with Gasteiger partial charge in [0.15, 0.2) is 0 Å². The highest BCUT2D eigenvalue weighted by molar-refractivity contribution is 5.20. The number of hydrogen-bond donors (Lipinski definition) is 1. The van der Waals surface area contributed by atoms with Crippen molar-refractivity contribution in [2.45, 2.75) is 39.2 Å². The van der Waals surface area contributed by atoms with Crippen LogP contribution in [0.15, 0.2) is 30.3 Å². The van der Waals surface area contributed by atoms with Crippen LogP contribution in [0.4, 0.5) is 0 Å². The molecule has 1 heterocycles. The first-order valence-electron chi connectivity index (χ1n) is 7.77.